The molecule has 0 spiro atoms. The number of ether oxygens (including phenoxy) is 2. The van der Waals surface area contributed by atoms with E-state index < -0.39 is 29.7 Å². The molecule has 21 heteroatoms. The second kappa shape index (κ2) is 23.9. The molecular formula is C51H63N11O10. The smallest absolute Gasteiger partial charge is 0.264 e. The quantitative estimate of drug-likeness (QED) is 0.0461. The topological polar surface area (TPSA) is 256 Å². The number of rotatable bonds is 23. The third kappa shape index (κ3) is 12.0. The summed E-state index contributed by atoms with van der Waals surface area (Å²) >= 11 is 0. The summed E-state index contributed by atoms with van der Waals surface area (Å²) in [6.45, 7) is 8.59. The molecule has 6 amide bonds. The van der Waals surface area contributed by atoms with Crippen molar-refractivity contribution in [2.24, 2.45) is 0 Å². The van der Waals surface area contributed by atoms with Gasteiger partial charge in [0.05, 0.1) is 28.6 Å². The fourth-order valence-electron chi connectivity index (χ4n) is 9.83. The third-order valence-electron chi connectivity index (χ3n) is 13.7. The normalized spacial score (nSPS) is 17.1. The number of carbonyl (C=O) groups is 7. The monoisotopic (exact) mass is 989 g/mol. The van der Waals surface area contributed by atoms with Gasteiger partial charge in [0.15, 0.2) is 5.78 Å². The number of aromatic nitrogens is 4. The molecule has 21 nitrogen and oxygen atoms in total. The third-order valence-corrected chi connectivity index (χ3v) is 13.7. The fraction of sp³-hybridized carbons (Fsp3) is 0.510. The van der Waals surface area contributed by atoms with E-state index >= 15 is 0 Å². The standard InChI is InChI=1S/C51H63N11O10/c1-32-37-31-55-51(58-46(37)61(34-10-3-4-11-34)49(69)44(32)33(2)63)56-40-16-14-35(30-54-40)59-22-24-60(25-23-59)43(66)19-18-41(64)53-21-9-29-72-27-6-5-26-71-28-8-20-52-38-13-7-12-36-45(38)50(70)62(48(36)68)39-15-17-42(65)57-47(39)67/h7,12-14,16,30-31,34,39,52H,3-6,8-11,15,17-29H2,1-2H3,(H,53,64)(H,57,65,67)(H,54,55,56,58). The van der Waals surface area contributed by atoms with Gasteiger partial charge in [0.25, 0.3) is 17.4 Å². The van der Waals surface area contributed by atoms with Gasteiger partial charge < -0.3 is 35.2 Å². The van der Waals surface area contributed by atoms with Gasteiger partial charge in [0.1, 0.15) is 17.5 Å². The van der Waals surface area contributed by atoms with Crippen LogP contribution in [0.1, 0.15) is 127 Å². The molecular weight excluding hydrogens is 927 g/mol. The number of hydrogen-bond donors (Lipinski definition) is 4. The molecule has 6 heterocycles. The molecule has 72 heavy (non-hydrogen) atoms. The van der Waals surface area contributed by atoms with Crippen molar-refractivity contribution in [3.63, 3.8) is 0 Å². The zero-order valence-corrected chi connectivity index (χ0v) is 41.0. The second-order valence-corrected chi connectivity index (χ2v) is 18.6. The van der Waals surface area contributed by atoms with E-state index in [1.54, 1.807) is 47.0 Å². The van der Waals surface area contributed by atoms with Crippen LogP contribution in [0.3, 0.4) is 0 Å². The lowest BCUT2D eigenvalue weighted by molar-refractivity contribution is -0.136. The van der Waals surface area contributed by atoms with Gasteiger partial charge >= 0.3 is 0 Å². The van der Waals surface area contributed by atoms with E-state index in [0.29, 0.717) is 113 Å². The van der Waals surface area contributed by atoms with E-state index in [4.69, 9.17) is 14.5 Å². The number of carbonyl (C=O) groups excluding carboxylic acids is 7. The summed E-state index contributed by atoms with van der Waals surface area (Å²) in [5, 5.41) is 12.1. The largest absolute Gasteiger partial charge is 0.384 e. The van der Waals surface area contributed by atoms with E-state index in [9.17, 15) is 38.4 Å². The minimum atomic E-state index is -1.01. The lowest BCUT2D eigenvalue weighted by Gasteiger charge is -2.36. The first-order valence-electron chi connectivity index (χ1n) is 25.1. The molecule has 8 rings (SSSR count). The second-order valence-electron chi connectivity index (χ2n) is 18.6. The van der Waals surface area contributed by atoms with Gasteiger partial charge in [-0.1, -0.05) is 18.9 Å². The number of ketones is 1. The van der Waals surface area contributed by atoms with E-state index in [1.165, 1.54) is 6.92 Å². The predicted molar refractivity (Wildman–Crippen MR) is 266 cm³/mol. The first-order valence-corrected chi connectivity index (χ1v) is 25.1. The summed E-state index contributed by atoms with van der Waals surface area (Å²) in [5.74, 6) is -1.82. The van der Waals surface area contributed by atoms with Gasteiger partial charge in [0, 0.05) is 108 Å². The van der Waals surface area contributed by atoms with Crippen molar-refractivity contribution >= 4 is 75.4 Å². The maximum atomic E-state index is 13.6. The highest BCUT2D eigenvalue weighted by Crippen LogP contribution is 2.34. The number of piperazine rings is 1. The average Bonchev–Trinajstić information content (AvgIpc) is 3.99. The first kappa shape index (κ1) is 51.2. The SMILES string of the molecule is CC(=O)c1c(C)c2cnc(Nc3ccc(N4CCN(C(=O)CCC(=O)NCCCOCCCCOCCCNc5cccc6c5C(=O)N(C5CCC(=O)NC5=O)C6=O)CC4)cn3)nc2n(C2CCCC2)c1=O. The maximum absolute atomic E-state index is 13.6. The van der Waals surface area contributed by atoms with E-state index in [1.807, 2.05) is 12.1 Å². The minimum absolute atomic E-state index is 0.0200. The molecule has 3 aliphatic heterocycles. The van der Waals surface area contributed by atoms with Crippen molar-refractivity contribution in [1.82, 2.24) is 40.0 Å². The number of unbranched alkanes of at least 4 members (excludes halogenated alkanes) is 1. The van der Waals surface area contributed by atoms with Crippen molar-refractivity contribution in [2.75, 3.05) is 81.2 Å². The van der Waals surface area contributed by atoms with Crippen LogP contribution in [0.4, 0.5) is 23.1 Å². The predicted octanol–water partition coefficient (Wildman–Crippen LogP) is 4.21. The van der Waals surface area contributed by atoms with Crippen LogP contribution in [0.15, 0.2) is 47.5 Å². The van der Waals surface area contributed by atoms with Crippen molar-refractivity contribution in [3.05, 3.63) is 75.3 Å². The van der Waals surface area contributed by atoms with Crippen LogP contribution in [-0.2, 0) is 28.7 Å². The number of nitrogens with zero attached hydrogens (tertiary/aromatic N) is 7. The highest BCUT2D eigenvalue weighted by atomic mass is 16.5. The van der Waals surface area contributed by atoms with Crippen LogP contribution >= 0.6 is 0 Å². The molecule has 1 atom stereocenters. The zero-order chi connectivity index (χ0) is 50.7. The maximum Gasteiger partial charge on any atom is 0.264 e. The molecule has 3 aromatic heterocycles. The molecule has 1 aromatic carbocycles. The molecule has 0 radical (unpaired) electrons. The summed E-state index contributed by atoms with van der Waals surface area (Å²) in [6.07, 6.45) is 10.5. The zero-order valence-electron chi connectivity index (χ0n) is 41.0. The number of anilines is 4. The Bertz CT molecular complexity index is 2750. The molecule has 0 bridgehead atoms. The first-order chi connectivity index (χ1) is 34.9. The number of imide groups is 2. The lowest BCUT2D eigenvalue weighted by Crippen LogP contribution is -2.54. The van der Waals surface area contributed by atoms with Crippen molar-refractivity contribution in [2.45, 2.75) is 103 Å². The Balaban J connectivity index is 0.648. The molecule has 1 unspecified atom stereocenters. The number of pyridine rings is 2. The highest BCUT2D eigenvalue weighted by molar-refractivity contribution is 6.25. The Kier molecular flexibility index (Phi) is 17.0. The Morgan fingerprint density at radius 3 is 2.22 bits per heavy atom. The minimum Gasteiger partial charge on any atom is -0.384 e. The summed E-state index contributed by atoms with van der Waals surface area (Å²) in [5.41, 5.74) is 2.86. The molecule has 4 N–H and O–H groups in total. The highest BCUT2D eigenvalue weighted by Gasteiger charge is 2.45. The fourth-order valence-corrected chi connectivity index (χ4v) is 9.83. The molecule has 4 aromatic rings. The number of nitrogens with one attached hydrogen (secondary N) is 4. The lowest BCUT2D eigenvalue weighted by atomic mass is 10.0. The molecule has 1 saturated carbocycles. The van der Waals surface area contributed by atoms with Crippen LogP contribution in [-0.4, -0.2) is 142 Å². The number of aryl methyl sites for hydroxylation is 1. The van der Waals surface area contributed by atoms with Crippen LogP contribution in [0, 0.1) is 6.92 Å². The van der Waals surface area contributed by atoms with E-state index in [0.717, 1.165) is 49.1 Å². The Hall–Kier alpha value is -7.13. The number of fused-ring (bicyclic) bond motifs is 2. The van der Waals surface area contributed by atoms with Gasteiger partial charge in [-0.25, -0.2) is 9.97 Å². The van der Waals surface area contributed by atoms with Gasteiger partial charge in [-0.05, 0) is 88.6 Å². The summed E-state index contributed by atoms with van der Waals surface area (Å²) in [4.78, 5) is 121. The summed E-state index contributed by atoms with van der Waals surface area (Å²) in [7, 11) is 0. The van der Waals surface area contributed by atoms with Crippen LogP contribution in [0.5, 0.6) is 0 Å². The number of hydrogen-bond acceptors (Lipinski definition) is 16. The summed E-state index contributed by atoms with van der Waals surface area (Å²) < 4.78 is 13.1. The molecule has 3 fully saturated rings. The molecule has 1 aliphatic carbocycles. The Labute approximate surface area is 416 Å². The van der Waals surface area contributed by atoms with Gasteiger partial charge in [-0.15, -0.1) is 0 Å². The van der Waals surface area contributed by atoms with Crippen LogP contribution in [0.2, 0.25) is 0 Å². The molecule has 382 valence electrons. The van der Waals surface area contributed by atoms with Crippen LogP contribution in [0.25, 0.3) is 11.0 Å². The van der Waals surface area contributed by atoms with Gasteiger partial charge in [0.2, 0.25) is 29.6 Å². The Morgan fingerprint density at radius 1 is 0.806 bits per heavy atom. The number of benzene rings is 1. The van der Waals surface area contributed by atoms with Crippen molar-refractivity contribution in [3.8, 4) is 0 Å². The number of amides is 6. The Morgan fingerprint density at radius 2 is 1.53 bits per heavy atom. The van der Waals surface area contributed by atoms with Gasteiger partial charge in [-0.2, -0.15) is 4.98 Å². The molecule has 4 aliphatic rings. The number of Topliss-reactive ketones (excluding diaryl/α,β-unsaturated/α-hetero) is 1. The molecule has 2 saturated heterocycles. The van der Waals surface area contributed by atoms with Crippen molar-refractivity contribution in [1.29, 1.82) is 0 Å². The van der Waals surface area contributed by atoms with Crippen molar-refractivity contribution < 1.29 is 43.0 Å². The number of piperidine rings is 1. The average molecular weight is 990 g/mol. The summed E-state index contributed by atoms with van der Waals surface area (Å²) in [6, 6.07) is 7.71. The van der Waals surface area contributed by atoms with E-state index in [-0.39, 0.29) is 71.6 Å². The van der Waals surface area contributed by atoms with Gasteiger partial charge in [-0.3, -0.25) is 53.1 Å². The van der Waals surface area contributed by atoms with Crippen LogP contribution < -0.4 is 31.7 Å². The van der Waals surface area contributed by atoms with E-state index in [2.05, 4.69) is 36.1 Å².